The van der Waals surface area contributed by atoms with Crippen LogP contribution in [0.25, 0.3) is 0 Å². The lowest BCUT2D eigenvalue weighted by Crippen LogP contribution is -2.01. The summed E-state index contributed by atoms with van der Waals surface area (Å²) in [5.74, 6) is 0.935. The normalized spacial score (nSPS) is 10.5. The number of aryl methyl sites for hydroxylation is 1. The standard InChI is InChI=1S/C14H16N2S/c1-11-7-8-13(9-15)14(16-11)17-10-12-5-3-2-4-6-12/h2-8H,9-10,15H2,1H3. The summed E-state index contributed by atoms with van der Waals surface area (Å²) in [7, 11) is 0. The van der Waals surface area contributed by atoms with Gasteiger partial charge in [-0.3, -0.25) is 0 Å². The van der Waals surface area contributed by atoms with E-state index >= 15 is 0 Å². The van der Waals surface area contributed by atoms with Crippen molar-refractivity contribution in [1.29, 1.82) is 0 Å². The van der Waals surface area contributed by atoms with E-state index in [9.17, 15) is 0 Å². The minimum absolute atomic E-state index is 0.546. The minimum Gasteiger partial charge on any atom is -0.326 e. The zero-order valence-electron chi connectivity index (χ0n) is 9.89. The van der Waals surface area contributed by atoms with Crippen LogP contribution in [0.3, 0.4) is 0 Å². The number of thioether (sulfide) groups is 1. The molecule has 0 unspecified atom stereocenters. The van der Waals surface area contributed by atoms with E-state index in [1.165, 1.54) is 5.56 Å². The molecule has 0 radical (unpaired) electrons. The van der Waals surface area contributed by atoms with Crippen molar-refractivity contribution in [3.05, 3.63) is 59.3 Å². The van der Waals surface area contributed by atoms with Crippen LogP contribution in [-0.4, -0.2) is 4.98 Å². The Bertz CT molecular complexity index is 483. The van der Waals surface area contributed by atoms with E-state index in [0.29, 0.717) is 6.54 Å². The second-order valence-electron chi connectivity index (χ2n) is 3.90. The van der Waals surface area contributed by atoms with Crippen LogP contribution >= 0.6 is 11.8 Å². The van der Waals surface area contributed by atoms with Crippen LogP contribution in [0.4, 0.5) is 0 Å². The highest BCUT2D eigenvalue weighted by molar-refractivity contribution is 7.98. The van der Waals surface area contributed by atoms with Gasteiger partial charge in [0.2, 0.25) is 0 Å². The third-order valence-electron chi connectivity index (χ3n) is 2.52. The van der Waals surface area contributed by atoms with Gasteiger partial charge in [0.15, 0.2) is 0 Å². The molecule has 0 saturated heterocycles. The molecule has 88 valence electrons. The number of rotatable bonds is 4. The van der Waals surface area contributed by atoms with Gasteiger partial charge < -0.3 is 5.73 Å². The van der Waals surface area contributed by atoms with Crippen molar-refractivity contribution in [3.63, 3.8) is 0 Å². The Morgan fingerprint density at radius 1 is 1.12 bits per heavy atom. The summed E-state index contributed by atoms with van der Waals surface area (Å²) in [6.07, 6.45) is 0. The molecule has 0 bridgehead atoms. The smallest absolute Gasteiger partial charge is 0.101 e. The maximum absolute atomic E-state index is 5.72. The largest absolute Gasteiger partial charge is 0.326 e. The summed E-state index contributed by atoms with van der Waals surface area (Å²) < 4.78 is 0. The molecule has 2 N–H and O–H groups in total. The predicted octanol–water partition coefficient (Wildman–Crippen LogP) is 3.14. The van der Waals surface area contributed by atoms with Gasteiger partial charge in [0.1, 0.15) is 5.03 Å². The van der Waals surface area contributed by atoms with Crippen molar-refractivity contribution in [2.75, 3.05) is 0 Å². The zero-order chi connectivity index (χ0) is 12.1. The lowest BCUT2D eigenvalue weighted by Gasteiger charge is -2.07. The molecule has 17 heavy (non-hydrogen) atoms. The molecular weight excluding hydrogens is 228 g/mol. The average molecular weight is 244 g/mol. The Balaban J connectivity index is 2.11. The number of aromatic nitrogens is 1. The van der Waals surface area contributed by atoms with E-state index in [2.05, 4.69) is 35.3 Å². The topological polar surface area (TPSA) is 38.9 Å². The van der Waals surface area contributed by atoms with Crippen LogP contribution in [-0.2, 0) is 12.3 Å². The predicted molar refractivity (Wildman–Crippen MR) is 72.9 cm³/mol. The Morgan fingerprint density at radius 2 is 1.88 bits per heavy atom. The quantitative estimate of drug-likeness (QED) is 0.840. The molecule has 2 aromatic rings. The van der Waals surface area contributed by atoms with Crippen LogP contribution in [0.15, 0.2) is 47.5 Å². The van der Waals surface area contributed by atoms with Gasteiger partial charge in [-0.1, -0.05) is 36.4 Å². The molecule has 1 aromatic carbocycles. The van der Waals surface area contributed by atoms with Crippen molar-refractivity contribution in [2.24, 2.45) is 5.73 Å². The monoisotopic (exact) mass is 244 g/mol. The maximum atomic E-state index is 5.72. The second-order valence-corrected chi connectivity index (χ2v) is 4.86. The molecule has 0 fully saturated rings. The van der Waals surface area contributed by atoms with Crippen molar-refractivity contribution < 1.29 is 0 Å². The van der Waals surface area contributed by atoms with Crippen molar-refractivity contribution in [1.82, 2.24) is 4.98 Å². The zero-order valence-corrected chi connectivity index (χ0v) is 10.7. The van der Waals surface area contributed by atoms with E-state index in [-0.39, 0.29) is 0 Å². The Hall–Kier alpha value is -1.32. The first-order valence-electron chi connectivity index (χ1n) is 5.63. The van der Waals surface area contributed by atoms with Crippen molar-refractivity contribution in [2.45, 2.75) is 24.2 Å². The SMILES string of the molecule is Cc1ccc(CN)c(SCc2ccccc2)n1. The van der Waals surface area contributed by atoms with Gasteiger partial charge in [-0.05, 0) is 24.1 Å². The number of hydrogen-bond acceptors (Lipinski definition) is 3. The van der Waals surface area contributed by atoms with Gasteiger partial charge in [0.05, 0.1) is 0 Å². The lowest BCUT2D eigenvalue weighted by atomic mass is 10.2. The third kappa shape index (κ3) is 3.32. The molecule has 2 nitrogen and oxygen atoms in total. The molecule has 0 atom stereocenters. The van der Waals surface area contributed by atoms with Crippen LogP contribution in [0, 0.1) is 6.92 Å². The summed E-state index contributed by atoms with van der Waals surface area (Å²) in [6.45, 7) is 2.55. The summed E-state index contributed by atoms with van der Waals surface area (Å²) in [4.78, 5) is 4.54. The Morgan fingerprint density at radius 3 is 2.59 bits per heavy atom. The molecule has 0 aliphatic rings. The fraction of sp³-hybridized carbons (Fsp3) is 0.214. The number of pyridine rings is 1. The fourth-order valence-electron chi connectivity index (χ4n) is 1.57. The number of nitrogens with two attached hydrogens (primary N) is 1. The van der Waals surface area contributed by atoms with Crippen molar-refractivity contribution in [3.8, 4) is 0 Å². The van der Waals surface area contributed by atoms with Gasteiger partial charge in [-0.15, -0.1) is 11.8 Å². The van der Waals surface area contributed by atoms with Gasteiger partial charge in [0, 0.05) is 18.0 Å². The van der Waals surface area contributed by atoms with Crippen LogP contribution in [0.1, 0.15) is 16.8 Å². The van der Waals surface area contributed by atoms with E-state index in [0.717, 1.165) is 22.0 Å². The molecule has 1 heterocycles. The molecule has 0 spiro atoms. The van der Waals surface area contributed by atoms with E-state index < -0.39 is 0 Å². The second kappa shape index (κ2) is 5.84. The first-order chi connectivity index (χ1) is 8.29. The first-order valence-corrected chi connectivity index (χ1v) is 6.61. The molecule has 0 amide bonds. The highest BCUT2D eigenvalue weighted by Gasteiger charge is 2.04. The summed E-state index contributed by atoms with van der Waals surface area (Å²) in [6, 6.07) is 14.5. The molecule has 0 aliphatic heterocycles. The Labute approximate surface area is 106 Å². The third-order valence-corrected chi connectivity index (χ3v) is 3.62. The average Bonchev–Trinajstić information content (AvgIpc) is 2.38. The lowest BCUT2D eigenvalue weighted by molar-refractivity contribution is 0.941. The minimum atomic E-state index is 0.546. The van der Waals surface area contributed by atoms with Crippen molar-refractivity contribution >= 4 is 11.8 Å². The van der Waals surface area contributed by atoms with Gasteiger partial charge in [0.25, 0.3) is 0 Å². The van der Waals surface area contributed by atoms with Crippen LogP contribution in [0.5, 0.6) is 0 Å². The summed E-state index contributed by atoms with van der Waals surface area (Å²) in [5.41, 5.74) is 9.19. The molecule has 0 saturated carbocycles. The van der Waals surface area contributed by atoms with E-state index in [4.69, 9.17) is 5.73 Å². The summed E-state index contributed by atoms with van der Waals surface area (Å²) in [5, 5.41) is 1.05. The number of hydrogen-bond donors (Lipinski definition) is 1. The van der Waals surface area contributed by atoms with Crippen LogP contribution < -0.4 is 5.73 Å². The number of nitrogens with zero attached hydrogens (tertiary/aromatic N) is 1. The van der Waals surface area contributed by atoms with E-state index in [1.807, 2.05) is 19.1 Å². The maximum Gasteiger partial charge on any atom is 0.101 e. The highest BCUT2D eigenvalue weighted by Crippen LogP contribution is 2.24. The summed E-state index contributed by atoms with van der Waals surface area (Å²) >= 11 is 1.75. The molecule has 1 aromatic heterocycles. The highest BCUT2D eigenvalue weighted by atomic mass is 32.2. The van der Waals surface area contributed by atoms with Gasteiger partial charge >= 0.3 is 0 Å². The fourth-order valence-corrected chi connectivity index (χ4v) is 2.61. The van der Waals surface area contributed by atoms with Gasteiger partial charge in [-0.25, -0.2) is 4.98 Å². The molecule has 0 aliphatic carbocycles. The number of benzene rings is 1. The molecular formula is C14H16N2S. The molecule has 2 rings (SSSR count). The van der Waals surface area contributed by atoms with E-state index in [1.54, 1.807) is 11.8 Å². The first kappa shape index (κ1) is 12.1. The van der Waals surface area contributed by atoms with Crippen LogP contribution in [0.2, 0.25) is 0 Å². The Kier molecular flexibility index (Phi) is 4.18. The molecule has 3 heteroatoms. The van der Waals surface area contributed by atoms with Gasteiger partial charge in [-0.2, -0.15) is 0 Å².